The second-order valence-electron chi connectivity index (χ2n) is 5.16. The largest absolute Gasteiger partial charge is 0.373 e. The van der Waals surface area contributed by atoms with E-state index in [9.17, 15) is 10.1 Å². The van der Waals surface area contributed by atoms with E-state index in [0.29, 0.717) is 17.7 Å². The van der Waals surface area contributed by atoms with E-state index < -0.39 is 0 Å². The van der Waals surface area contributed by atoms with Gasteiger partial charge in [0.15, 0.2) is 0 Å². The molecule has 0 aliphatic carbocycles. The van der Waals surface area contributed by atoms with Gasteiger partial charge in [-0.05, 0) is 25.6 Å². The molecule has 1 aliphatic rings. The van der Waals surface area contributed by atoms with Crippen LogP contribution < -0.4 is 10.2 Å². The van der Waals surface area contributed by atoms with Gasteiger partial charge in [-0.25, -0.2) is 4.98 Å². The quantitative estimate of drug-likeness (QED) is 0.638. The number of hydrogen-bond donors (Lipinski definition) is 1. The van der Waals surface area contributed by atoms with Gasteiger partial charge in [0.25, 0.3) is 0 Å². The maximum atomic E-state index is 11.2. The number of pyridine rings is 1. The van der Waals surface area contributed by atoms with E-state index >= 15 is 0 Å². The zero-order valence-electron chi connectivity index (χ0n) is 12.9. The van der Waals surface area contributed by atoms with E-state index in [-0.39, 0.29) is 10.6 Å². The smallest absolute Gasteiger partial charge is 0.311 e. The van der Waals surface area contributed by atoms with Crippen LogP contribution in [0.15, 0.2) is 12.1 Å². The summed E-state index contributed by atoms with van der Waals surface area (Å²) in [6.45, 7) is 7.90. The minimum absolute atomic E-state index is 0.0780. The van der Waals surface area contributed by atoms with Gasteiger partial charge in [0.2, 0.25) is 5.82 Å². The lowest BCUT2D eigenvalue weighted by molar-refractivity contribution is -0.384. The first-order valence-electron chi connectivity index (χ1n) is 7.42. The van der Waals surface area contributed by atoms with Crippen LogP contribution in [-0.4, -0.2) is 54.1 Å². The summed E-state index contributed by atoms with van der Waals surface area (Å²) < 4.78 is 0. The summed E-state index contributed by atoms with van der Waals surface area (Å²) in [5.41, 5.74) is 0.0780. The number of nitrogens with zero attached hydrogens (tertiary/aromatic N) is 4. The zero-order valence-corrected chi connectivity index (χ0v) is 12.9. The van der Waals surface area contributed by atoms with Gasteiger partial charge < -0.3 is 10.2 Å². The average molecular weight is 293 g/mol. The third-order valence-corrected chi connectivity index (χ3v) is 4.10. The molecule has 1 aromatic rings. The number of aromatic nitrogens is 1. The Bertz CT molecular complexity index is 504. The lowest BCUT2D eigenvalue weighted by Gasteiger charge is -2.26. The summed E-state index contributed by atoms with van der Waals surface area (Å²) in [6.07, 6.45) is 1.02. The van der Waals surface area contributed by atoms with E-state index in [2.05, 4.69) is 29.0 Å². The molecule has 7 nitrogen and oxygen atoms in total. The molecule has 1 saturated heterocycles. The first-order valence-corrected chi connectivity index (χ1v) is 7.42. The van der Waals surface area contributed by atoms with Crippen LogP contribution >= 0.6 is 0 Å². The number of rotatable bonds is 6. The molecule has 0 bridgehead atoms. The summed E-state index contributed by atoms with van der Waals surface area (Å²) in [7, 11) is 1.76. The molecule has 0 aromatic carbocycles. The summed E-state index contributed by atoms with van der Waals surface area (Å²) in [5.74, 6) is 1.13. The number of anilines is 2. The third-order valence-electron chi connectivity index (χ3n) is 4.10. The predicted octanol–water partition coefficient (Wildman–Crippen LogP) is 1.95. The second-order valence-corrected chi connectivity index (χ2v) is 5.16. The minimum Gasteiger partial charge on any atom is -0.373 e. The fourth-order valence-electron chi connectivity index (χ4n) is 2.93. The van der Waals surface area contributed by atoms with E-state index in [1.54, 1.807) is 13.1 Å². The van der Waals surface area contributed by atoms with Crippen LogP contribution in [0.4, 0.5) is 17.3 Å². The van der Waals surface area contributed by atoms with Crippen molar-refractivity contribution in [1.82, 2.24) is 9.88 Å². The number of nitro groups is 1. The van der Waals surface area contributed by atoms with Gasteiger partial charge in [0, 0.05) is 32.2 Å². The molecule has 1 unspecified atom stereocenters. The molecule has 1 aliphatic heterocycles. The van der Waals surface area contributed by atoms with Gasteiger partial charge >= 0.3 is 5.69 Å². The van der Waals surface area contributed by atoms with Crippen LogP contribution in [0.2, 0.25) is 0 Å². The van der Waals surface area contributed by atoms with Crippen molar-refractivity contribution in [2.45, 2.75) is 26.3 Å². The SMILES string of the molecule is CCN(CC)C1CCN(c2nc(NC)ccc2[N+](=O)[O-])C1. The molecule has 2 heterocycles. The molecular weight excluding hydrogens is 270 g/mol. The van der Waals surface area contributed by atoms with Gasteiger partial charge in [-0.15, -0.1) is 0 Å². The first-order chi connectivity index (χ1) is 10.1. The summed E-state index contributed by atoms with van der Waals surface area (Å²) in [6, 6.07) is 3.61. The molecule has 1 atom stereocenters. The Morgan fingerprint density at radius 2 is 2.19 bits per heavy atom. The molecule has 2 rings (SSSR count). The fourth-order valence-corrected chi connectivity index (χ4v) is 2.93. The van der Waals surface area contributed by atoms with Crippen LogP contribution in [0.3, 0.4) is 0 Å². The Morgan fingerprint density at radius 3 is 2.76 bits per heavy atom. The highest BCUT2D eigenvalue weighted by Crippen LogP contribution is 2.31. The normalized spacial score (nSPS) is 18.3. The van der Waals surface area contributed by atoms with Gasteiger partial charge in [-0.2, -0.15) is 0 Å². The van der Waals surface area contributed by atoms with E-state index in [1.165, 1.54) is 6.07 Å². The number of likely N-dealkylation sites (N-methyl/N-ethyl adjacent to an activating group) is 1. The summed E-state index contributed by atoms with van der Waals surface area (Å²) in [5, 5.41) is 14.2. The molecule has 0 radical (unpaired) electrons. The fraction of sp³-hybridized carbons (Fsp3) is 0.643. The average Bonchev–Trinajstić information content (AvgIpc) is 2.97. The molecule has 1 N–H and O–H groups in total. The van der Waals surface area contributed by atoms with Crippen molar-refractivity contribution in [3.05, 3.63) is 22.2 Å². The van der Waals surface area contributed by atoms with Crippen LogP contribution in [0.25, 0.3) is 0 Å². The number of hydrogen-bond acceptors (Lipinski definition) is 6. The van der Waals surface area contributed by atoms with Crippen molar-refractivity contribution in [3.63, 3.8) is 0 Å². The standard InChI is InChI=1S/C14H23N5O2/c1-4-17(5-2)11-8-9-18(10-11)14-12(19(20)21)6-7-13(15-3)16-14/h6-7,11H,4-5,8-10H2,1-3H3,(H,15,16). The molecule has 21 heavy (non-hydrogen) atoms. The van der Waals surface area contributed by atoms with Crippen LogP contribution in [0, 0.1) is 10.1 Å². The van der Waals surface area contributed by atoms with Crippen molar-refractivity contribution < 1.29 is 4.92 Å². The van der Waals surface area contributed by atoms with Crippen LogP contribution in [-0.2, 0) is 0 Å². The maximum Gasteiger partial charge on any atom is 0.311 e. The van der Waals surface area contributed by atoms with E-state index in [4.69, 9.17) is 0 Å². The highest BCUT2D eigenvalue weighted by atomic mass is 16.6. The van der Waals surface area contributed by atoms with E-state index in [0.717, 1.165) is 32.6 Å². The summed E-state index contributed by atoms with van der Waals surface area (Å²) in [4.78, 5) is 19.7. The molecule has 0 amide bonds. The Labute approximate surface area is 125 Å². The molecule has 116 valence electrons. The van der Waals surface area contributed by atoms with Crippen LogP contribution in [0.5, 0.6) is 0 Å². The zero-order chi connectivity index (χ0) is 15.4. The maximum absolute atomic E-state index is 11.2. The van der Waals surface area contributed by atoms with Gasteiger partial charge in [-0.1, -0.05) is 13.8 Å². The second kappa shape index (κ2) is 6.71. The highest BCUT2D eigenvalue weighted by molar-refractivity contribution is 5.62. The van der Waals surface area contributed by atoms with Crippen molar-refractivity contribution in [3.8, 4) is 0 Å². The Hall–Kier alpha value is -1.89. The highest BCUT2D eigenvalue weighted by Gasteiger charge is 2.31. The van der Waals surface area contributed by atoms with Crippen molar-refractivity contribution >= 4 is 17.3 Å². The van der Waals surface area contributed by atoms with E-state index in [1.807, 2.05) is 4.90 Å². The Morgan fingerprint density at radius 1 is 1.48 bits per heavy atom. The third kappa shape index (κ3) is 3.24. The molecule has 7 heteroatoms. The first kappa shape index (κ1) is 15.5. The monoisotopic (exact) mass is 293 g/mol. The van der Waals surface area contributed by atoms with Gasteiger partial charge in [0.1, 0.15) is 5.82 Å². The molecular formula is C14H23N5O2. The molecule has 1 aromatic heterocycles. The summed E-state index contributed by atoms with van der Waals surface area (Å²) >= 11 is 0. The molecule has 1 fully saturated rings. The lowest BCUT2D eigenvalue weighted by atomic mass is 10.2. The van der Waals surface area contributed by atoms with Gasteiger partial charge in [-0.3, -0.25) is 15.0 Å². The minimum atomic E-state index is -0.355. The Balaban J connectivity index is 2.24. The van der Waals surface area contributed by atoms with Crippen molar-refractivity contribution in [2.75, 3.05) is 43.4 Å². The molecule has 0 saturated carbocycles. The predicted molar refractivity (Wildman–Crippen MR) is 84.0 cm³/mol. The van der Waals surface area contributed by atoms with Gasteiger partial charge in [0.05, 0.1) is 4.92 Å². The van der Waals surface area contributed by atoms with Crippen LogP contribution in [0.1, 0.15) is 20.3 Å². The Kier molecular flexibility index (Phi) is 4.95. The lowest BCUT2D eigenvalue weighted by Crippen LogP contribution is -2.37. The topological polar surface area (TPSA) is 74.5 Å². The number of nitrogens with one attached hydrogen (secondary N) is 1. The molecule has 0 spiro atoms. The van der Waals surface area contributed by atoms with Crippen molar-refractivity contribution in [1.29, 1.82) is 0 Å². The van der Waals surface area contributed by atoms with Crippen molar-refractivity contribution in [2.24, 2.45) is 0 Å².